The van der Waals surface area contributed by atoms with E-state index in [4.69, 9.17) is 0 Å². The van der Waals surface area contributed by atoms with Crippen molar-refractivity contribution in [3.05, 3.63) is 36.5 Å². The standard InChI is InChI=1S/C15H26IN/c1-4-15(11-10-14(2)3)9-7-5-6-8-12-17-13-16/h7,9-11,15,17H,2,4-6,8,12-13H2,1,3H3/b9-7-,11-10+. The van der Waals surface area contributed by atoms with Gasteiger partial charge in [0.15, 0.2) is 0 Å². The van der Waals surface area contributed by atoms with Gasteiger partial charge in [-0.25, -0.2) is 0 Å². The zero-order valence-corrected chi connectivity index (χ0v) is 13.4. The van der Waals surface area contributed by atoms with Crippen molar-refractivity contribution in [1.82, 2.24) is 5.32 Å². The lowest BCUT2D eigenvalue weighted by Crippen LogP contribution is -2.11. The van der Waals surface area contributed by atoms with Crippen LogP contribution in [0.25, 0.3) is 0 Å². The first-order valence-electron chi connectivity index (χ1n) is 6.47. The summed E-state index contributed by atoms with van der Waals surface area (Å²) in [6.45, 7) is 9.28. The van der Waals surface area contributed by atoms with Gasteiger partial charge >= 0.3 is 0 Å². The summed E-state index contributed by atoms with van der Waals surface area (Å²) in [7, 11) is 0. The molecule has 0 spiro atoms. The van der Waals surface area contributed by atoms with E-state index < -0.39 is 0 Å². The molecular weight excluding hydrogens is 321 g/mol. The summed E-state index contributed by atoms with van der Waals surface area (Å²) in [5.74, 6) is 0.569. The minimum atomic E-state index is 0.569. The second-order valence-electron chi connectivity index (χ2n) is 4.34. The van der Waals surface area contributed by atoms with Crippen LogP contribution < -0.4 is 5.32 Å². The topological polar surface area (TPSA) is 12.0 Å². The van der Waals surface area contributed by atoms with Crippen LogP contribution in [0.2, 0.25) is 0 Å². The monoisotopic (exact) mass is 347 g/mol. The van der Waals surface area contributed by atoms with Crippen molar-refractivity contribution in [2.24, 2.45) is 5.92 Å². The Balaban J connectivity index is 3.68. The maximum absolute atomic E-state index is 3.88. The smallest absolute Gasteiger partial charge is 0.0479 e. The van der Waals surface area contributed by atoms with Crippen LogP contribution in [0.4, 0.5) is 0 Å². The van der Waals surface area contributed by atoms with E-state index in [-0.39, 0.29) is 0 Å². The van der Waals surface area contributed by atoms with Crippen LogP contribution in [-0.2, 0) is 0 Å². The number of hydrogen-bond acceptors (Lipinski definition) is 1. The molecule has 0 amide bonds. The summed E-state index contributed by atoms with van der Waals surface area (Å²) in [6, 6.07) is 0. The van der Waals surface area contributed by atoms with E-state index in [2.05, 4.69) is 65.7 Å². The van der Waals surface area contributed by atoms with Gasteiger partial charge in [0.25, 0.3) is 0 Å². The van der Waals surface area contributed by atoms with E-state index in [0.29, 0.717) is 5.92 Å². The minimum Gasteiger partial charge on any atom is -0.308 e. The molecule has 1 nitrogen and oxygen atoms in total. The molecule has 1 N–H and O–H groups in total. The SMILES string of the molecule is C=C(C)/C=C/C(/C=C\CCCCNCI)CC. The Morgan fingerprint density at radius 3 is 2.71 bits per heavy atom. The maximum atomic E-state index is 3.88. The van der Waals surface area contributed by atoms with Crippen molar-refractivity contribution in [2.75, 3.05) is 11.1 Å². The second kappa shape index (κ2) is 12.4. The number of nitrogens with one attached hydrogen (secondary N) is 1. The van der Waals surface area contributed by atoms with Gasteiger partial charge < -0.3 is 5.32 Å². The molecule has 0 saturated heterocycles. The molecule has 0 rings (SSSR count). The molecule has 0 aliphatic heterocycles. The van der Waals surface area contributed by atoms with Crippen molar-refractivity contribution >= 4 is 22.6 Å². The summed E-state index contributed by atoms with van der Waals surface area (Å²) in [5.41, 5.74) is 1.13. The lowest BCUT2D eigenvalue weighted by Gasteiger charge is -2.03. The van der Waals surface area contributed by atoms with Gasteiger partial charge in [0.05, 0.1) is 0 Å². The first kappa shape index (κ1) is 16.9. The van der Waals surface area contributed by atoms with Gasteiger partial charge in [-0.15, -0.1) is 0 Å². The number of allylic oxidation sites excluding steroid dienone is 5. The zero-order chi connectivity index (χ0) is 12.9. The van der Waals surface area contributed by atoms with Crippen molar-refractivity contribution in [2.45, 2.75) is 39.5 Å². The first-order chi connectivity index (χ1) is 8.20. The summed E-state index contributed by atoms with van der Waals surface area (Å²) in [5, 5.41) is 3.33. The Kier molecular flexibility index (Phi) is 12.3. The average molecular weight is 347 g/mol. The van der Waals surface area contributed by atoms with Crippen molar-refractivity contribution < 1.29 is 0 Å². The minimum absolute atomic E-state index is 0.569. The first-order valence-corrected chi connectivity index (χ1v) is 8.00. The Bertz CT molecular complexity index is 243. The molecule has 0 radical (unpaired) electrons. The van der Waals surface area contributed by atoms with Gasteiger partial charge in [-0.05, 0) is 45.1 Å². The number of hydrogen-bond donors (Lipinski definition) is 1. The average Bonchev–Trinajstić information content (AvgIpc) is 2.31. The van der Waals surface area contributed by atoms with Crippen molar-refractivity contribution in [3.8, 4) is 0 Å². The quantitative estimate of drug-likeness (QED) is 0.149. The van der Waals surface area contributed by atoms with Gasteiger partial charge in [0.1, 0.15) is 0 Å². The lowest BCUT2D eigenvalue weighted by molar-refractivity contribution is 0.677. The molecule has 0 aromatic carbocycles. The molecule has 1 atom stereocenters. The number of alkyl halides is 1. The molecular formula is C15H26IN. The fourth-order valence-electron chi connectivity index (χ4n) is 1.47. The Morgan fingerprint density at radius 1 is 1.35 bits per heavy atom. The van der Waals surface area contributed by atoms with Crippen LogP contribution in [0.15, 0.2) is 36.5 Å². The molecule has 17 heavy (non-hydrogen) atoms. The highest BCUT2D eigenvalue weighted by Gasteiger charge is 1.94. The van der Waals surface area contributed by atoms with Crippen LogP contribution in [-0.4, -0.2) is 11.1 Å². The van der Waals surface area contributed by atoms with Gasteiger partial charge in [-0.1, -0.05) is 66.0 Å². The zero-order valence-electron chi connectivity index (χ0n) is 11.2. The van der Waals surface area contributed by atoms with E-state index in [1.165, 1.54) is 19.3 Å². The van der Waals surface area contributed by atoms with Gasteiger partial charge in [0.2, 0.25) is 0 Å². The molecule has 98 valence electrons. The number of unbranched alkanes of at least 4 members (excludes halogenated alkanes) is 2. The maximum Gasteiger partial charge on any atom is 0.0479 e. The van der Waals surface area contributed by atoms with Gasteiger partial charge in [-0.3, -0.25) is 0 Å². The molecule has 1 unspecified atom stereocenters. The molecule has 2 heteroatoms. The molecule has 0 aromatic rings. The van der Waals surface area contributed by atoms with Crippen molar-refractivity contribution in [3.63, 3.8) is 0 Å². The number of rotatable bonds is 10. The highest BCUT2D eigenvalue weighted by molar-refractivity contribution is 14.1. The Morgan fingerprint density at radius 2 is 2.12 bits per heavy atom. The van der Waals surface area contributed by atoms with E-state index in [9.17, 15) is 0 Å². The van der Waals surface area contributed by atoms with Crippen LogP contribution in [0.5, 0.6) is 0 Å². The molecule has 0 heterocycles. The molecule has 0 bridgehead atoms. The predicted molar refractivity (Wildman–Crippen MR) is 87.6 cm³/mol. The van der Waals surface area contributed by atoms with E-state index in [0.717, 1.165) is 23.1 Å². The number of halogens is 1. The Labute approximate surface area is 121 Å². The highest BCUT2D eigenvalue weighted by Crippen LogP contribution is 2.09. The summed E-state index contributed by atoms with van der Waals surface area (Å²) >= 11 is 2.34. The second-order valence-corrected chi connectivity index (χ2v) is 5.10. The molecule has 0 saturated carbocycles. The molecule has 0 aliphatic rings. The lowest BCUT2D eigenvalue weighted by atomic mass is 10.0. The fraction of sp³-hybridized carbons (Fsp3) is 0.600. The van der Waals surface area contributed by atoms with Crippen LogP contribution >= 0.6 is 22.6 Å². The highest BCUT2D eigenvalue weighted by atomic mass is 127. The molecule has 0 aromatic heterocycles. The molecule has 0 fully saturated rings. The van der Waals surface area contributed by atoms with E-state index in [1.807, 2.05) is 6.92 Å². The molecule has 0 aliphatic carbocycles. The van der Waals surface area contributed by atoms with Crippen molar-refractivity contribution in [1.29, 1.82) is 0 Å². The van der Waals surface area contributed by atoms with Crippen LogP contribution in [0.1, 0.15) is 39.5 Å². The van der Waals surface area contributed by atoms with Gasteiger partial charge in [-0.2, -0.15) is 0 Å². The predicted octanol–water partition coefficient (Wildman–Crippen LogP) is 4.85. The third-order valence-corrected chi connectivity index (χ3v) is 3.09. The summed E-state index contributed by atoms with van der Waals surface area (Å²) < 4.78 is 1.05. The third kappa shape index (κ3) is 12.2. The van der Waals surface area contributed by atoms with Gasteiger partial charge in [0, 0.05) is 4.55 Å². The normalized spacial score (nSPS) is 13.6. The van der Waals surface area contributed by atoms with E-state index in [1.54, 1.807) is 0 Å². The van der Waals surface area contributed by atoms with Crippen LogP contribution in [0, 0.1) is 5.92 Å². The Hall–Kier alpha value is -0.0900. The van der Waals surface area contributed by atoms with Crippen LogP contribution in [0.3, 0.4) is 0 Å². The fourth-order valence-corrected chi connectivity index (χ4v) is 1.86. The summed E-state index contributed by atoms with van der Waals surface area (Å²) in [4.78, 5) is 0. The third-order valence-electron chi connectivity index (χ3n) is 2.55. The van der Waals surface area contributed by atoms with E-state index >= 15 is 0 Å². The largest absolute Gasteiger partial charge is 0.308 e. The summed E-state index contributed by atoms with van der Waals surface area (Å²) in [6.07, 6.45) is 13.9.